The minimum Gasteiger partial charge on any atom is -0.352 e. The molecule has 0 atom stereocenters. The van der Waals surface area contributed by atoms with Gasteiger partial charge < -0.3 is 5.32 Å². The molecule has 3 aromatic carbocycles. The van der Waals surface area contributed by atoms with Crippen LogP contribution in [-0.2, 0) is 12.2 Å². The van der Waals surface area contributed by atoms with Crippen molar-refractivity contribution >= 4 is 29.3 Å². The minimum absolute atomic E-state index is 0.0975. The van der Waals surface area contributed by atoms with Gasteiger partial charge in [-0.15, -0.1) is 10.2 Å². The lowest BCUT2D eigenvalue weighted by Crippen LogP contribution is -2.26. The Kier molecular flexibility index (Phi) is 7.02. The highest BCUT2D eigenvalue weighted by molar-refractivity contribution is 7.98. The first kappa shape index (κ1) is 21.2. The van der Waals surface area contributed by atoms with Crippen molar-refractivity contribution in [2.75, 3.05) is 6.54 Å². The zero-order chi connectivity index (χ0) is 21.5. The van der Waals surface area contributed by atoms with E-state index < -0.39 is 0 Å². The van der Waals surface area contributed by atoms with Gasteiger partial charge in [0.1, 0.15) is 5.82 Å². The number of aromatic nitrogens is 3. The zero-order valence-corrected chi connectivity index (χ0v) is 18.3. The molecule has 0 spiro atoms. The SMILES string of the molecule is O=C(NCCc1nnc(SCc2ccccc2Cl)n1-c1ccccc1)c1ccccc1. The fourth-order valence-corrected chi connectivity index (χ4v) is 4.39. The number of halogens is 1. The molecule has 0 saturated carbocycles. The van der Waals surface area contributed by atoms with E-state index >= 15 is 0 Å². The molecule has 5 nitrogen and oxygen atoms in total. The molecule has 0 aliphatic rings. The van der Waals surface area contributed by atoms with Crippen LogP contribution in [0.25, 0.3) is 5.69 Å². The van der Waals surface area contributed by atoms with Crippen molar-refractivity contribution in [2.45, 2.75) is 17.3 Å². The summed E-state index contributed by atoms with van der Waals surface area (Å²) < 4.78 is 2.04. The molecule has 4 aromatic rings. The fraction of sp³-hybridized carbons (Fsp3) is 0.125. The standard InChI is InChI=1S/C24H21ClN4OS/c25-21-14-8-7-11-19(21)17-31-24-28-27-22(29(24)20-12-5-2-6-13-20)15-16-26-23(30)18-9-3-1-4-10-18/h1-14H,15-17H2,(H,26,30). The Morgan fingerprint density at radius 3 is 2.32 bits per heavy atom. The van der Waals surface area contributed by atoms with Crippen LogP contribution >= 0.6 is 23.4 Å². The highest BCUT2D eigenvalue weighted by Crippen LogP contribution is 2.28. The number of nitrogens with one attached hydrogen (secondary N) is 1. The van der Waals surface area contributed by atoms with Crippen LogP contribution in [0.15, 0.2) is 90.1 Å². The monoisotopic (exact) mass is 448 g/mol. The van der Waals surface area contributed by atoms with Gasteiger partial charge in [0.2, 0.25) is 0 Å². The minimum atomic E-state index is -0.0975. The average molecular weight is 449 g/mol. The molecule has 0 unspecified atom stereocenters. The summed E-state index contributed by atoms with van der Waals surface area (Å²) in [5.74, 6) is 1.39. The van der Waals surface area contributed by atoms with Crippen LogP contribution in [0.4, 0.5) is 0 Å². The largest absolute Gasteiger partial charge is 0.352 e. The third kappa shape index (κ3) is 5.34. The first-order valence-corrected chi connectivity index (χ1v) is 11.3. The summed E-state index contributed by atoms with van der Waals surface area (Å²) in [4.78, 5) is 12.3. The van der Waals surface area contributed by atoms with Gasteiger partial charge in [-0.25, -0.2) is 0 Å². The van der Waals surface area contributed by atoms with E-state index in [-0.39, 0.29) is 5.91 Å². The topological polar surface area (TPSA) is 59.8 Å². The number of carbonyl (C=O) groups excluding carboxylic acids is 1. The number of para-hydroxylation sites is 1. The quantitative estimate of drug-likeness (QED) is 0.377. The van der Waals surface area contributed by atoms with Crippen molar-refractivity contribution in [1.29, 1.82) is 0 Å². The van der Waals surface area contributed by atoms with Crippen molar-refractivity contribution in [2.24, 2.45) is 0 Å². The van der Waals surface area contributed by atoms with Gasteiger partial charge in [-0.1, -0.05) is 78.0 Å². The molecular formula is C24H21ClN4OS. The lowest BCUT2D eigenvalue weighted by atomic mass is 10.2. The maximum absolute atomic E-state index is 12.3. The van der Waals surface area contributed by atoms with E-state index in [0.717, 1.165) is 27.3 Å². The molecule has 7 heteroatoms. The van der Waals surface area contributed by atoms with Gasteiger partial charge in [-0.3, -0.25) is 9.36 Å². The molecule has 0 saturated heterocycles. The smallest absolute Gasteiger partial charge is 0.251 e. The van der Waals surface area contributed by atoms with E-state index in [1.807, 2.05) is 77.4 Å². The van der Waals surface area contributed by atoms with Gasteiger partial charge >= 0.3 is 0 Å². The summed E-state index contributed by atoms with van der Waals surface area (Å²) in [5, 5.41) is 13.3. The predicted molar refractivity (Wildman–Crippen MR) is 125 cm³/mol. The zero-order valence-electron chi connectivity index (χ0n) is 16.7. The molecule has 0 bridgehead atoms. The summed E-state index contributed by atoms with van der Waals surface area (Å²) >= 11 is 7.89. The Morgan fingerprint density at radius 2 is 1.58 bits per heavy atom. The van der Waals surface area contributed by atoms with Crippen molar-refractivity contribution in [3.05, 3.63) is 107 Å². The maximum Gasteiger partial charge on any atom is 0.251 e. The van der Waals surface area contributed by atoms with Crippen LogP contribution in [0.1, 0.15) is 21.7 Å². The van der Waals surface area contributed by atoms with Crippen molar-refractivity contribution in [1.82, 2.24) is 20.1 Å². The van der Waals surface area contributed by atoms with Crippen LogP contribution in [-0.4, -0.2) is 27.2 Å². The van der Waals surface area contributed by atoms with E-state index in [1.54, 1.807) is 23.9 Å². The highest BCUT2D eigenvalue weighted by Gasteiger charge is 2.15. The van der Waals surface area contributed by atoms with E-state index in [0.29, 0.717) is 24.3 Å². The molecule has 1 N–H and O–H groups in total. The van der Waals surface area contributed by atoms with Crippen molar-refractivity contribution < 1.29 is 4.79 Å². The van der Waals surface area contributed by atoms with Crippen LogP contribution in [0.5, 0.6) is 0 Å². The number of thioether (sulfide) groups is 1. The Hall–Kier alpha value is -3.09. The summed E-state index contributed by atoms with van der Waals surface area (Å²) in [7, 11) is 0. The molecule has 156 valence electrons. The molecule has 4 rings (SSSR count). The lowest BCUT2D eigenvalue weighted by Gasteiger charge is -2.11. The van der Waals surface area contributed by atoms with E-state index in [4.69, 9.17) is 11.6 Å². The first-order chi connectivity index (χ1) is 15.2. The number of nitrogens with zero attached hydrogens (tertiary/aromatic N) is 3. The molecule has 31 heavy (non-hydrogen) atoms. The number of hydrogen-bond donors (Lipinski definition) is 1. The molecule has 1 amide bonds. The summed E-state index contributed by atoms with van der Waals surface area (Å²) in [6, 6.07) is 27.0. The van der Waals surface area contributed by atoms with E-state index in [2.05, 4.69) is 15.5 Å². The van der Waals surface area contributed by atoms with Gasteiger partial charge in [0.15, 0.2) is 5.16 Å². The van der Waals surface area contributed by atoms with Crippen LogP contribution < -0.4 is 5.32 Å². The average Bonchev–Trinajstić information content (AvgIpc) is 3.22. The van der Waals surface area contributed by atoms with Crippen LogP contribution in [0, 0.1) is 0 Å². The summed E-state index contributed by atoms with van der Waals surface area (Å²) in [6.07, 6.45) is 0.563. The first-order valence-electron chi connectivity index (χ1n) is 9.91. The Morgan fingerprint density at radius 1 is 0.903 bits per heavy atom. The van der Waals surface area contributed by atoms with Crippen LogP contribution in [0.3, 0.4) is 0 Å². The fourth-order valence-electron chi connectivity index (χ4n) is 3.13. The molecule has 0 aliphatic carbocycles. The Balaban J connectivity index is 1.49. The highest BCUT2D eigenvalue weighted by atomic mass is 35.5. The van der Waals surface area contributed by atoms with E-state index in [9.17, 15) is 4.79 Å². The Bertz CT molecular complexity index is 1150. The third-order valence-corrected chi connectivity index (χ3v) is 6.05. The molecule has 0 fully saturated rings. The van der Waals surface area contributed by atoms with Gasteiger partial charge in [-0.2, -0.15) is 0 Å². The van der Waals surface area contributed by atoms with Gasteiger partial charge in [0.25, 0.3) is 5.91 Å². The van der Waals surface area contributed by atoms with Gasteiger partial charge in [0.05, 0.1) is 0 Å². The van der Waals surface area contributed by atoms with Crippen molar-refractivity contribution in [3.8, 4) is 5.69 Å². The molecule has 0 radical (unpaired) electrons. The lowest BCUT2D eigenvalue weighted by molar-refractivity contribution is 0.0954. The number of carbonyl (C=O) groups is 1. The van der Waals surface area contributed by atoms with Gasteiger partial charge in [0, 0.05) is 35.0 Å². The van der Waals surface area contributed by atoms with E-state index in [1.165, 1.54) is 0 Å². The number of amides is 1. The second kappa shape index (κ2) is 10.3. The number of rotatable bonds is 8. The normalized spacial score (nSPS) is 10.7. The molecule has 1 heterocycles. The Labute approximate surface area is 190 Å². The summed E-state index contributed by atoms with van der Waals surface area (Å²) in [6.45, 7) is 0.466. The number of hydrogen-bond acceptors (Lipinski definition) is 4. The molecule has 0 aliphatic heterocycles. The third-order valence-electron chi connectivity index (χ3n) is 4.70. The van der Waals surface area contributed by atoms with Crippen molar-refractivity contribution in [3.63, 3.8) is 0 Å². The second-order valence-electron chi connectivity index (χ2n) is 6.82. The molecular weight excluding hydrogens is 428 g/mol. The van der Waals surface area contributed by atoms with Gasteiger partial charge in [-0.05, 0) is 35.9 Å². The molecule has 1 aromatic heterocycles. The second-order valence-corrected chi connectivity index (χ2v) is 8.17. The number of benzene rings is 3. The summed E-state index contributed by atoms with van der Waals surface area (Å²) in [5.41, 5.74) is 2.68. The predicted octanol–water partition coefficient (Wildman–Crippen LogP) is 5.19. The maximum atomic E-state index is 12.3. The van der Waals surface area contributed by atoms with Crippen LogP contribution in [0.2, 0.25) is 5.02 Å².